The normalized spacial score (nSPS) is 16.8. The number of aromatic nitrogens is 1. The van der Waals surface area contributed by atoms with Gasteiger partial charge in [-0.25, -0.2) is 4.98 Å². The van der Waals surface area contributed by atoms with Crippen LogP contribution in [0.1, 0.15) is 37.1 Å². The fourth-order valence-corrected chi connectivity index (χ4v) is 2.99. The number of rotatable bonds is 5. The predicted octanol–water partition coefficient (Wildman–Crippen LogP) is 3.14. The van der Waals surface area contributed by atoms with Crippen molar-refractivity contribution in [2.75, 3.05) is 0 Å². The zero-order valence-corrected chi connectivity index (χ0v) is 12.6. The molecule has 116 valence electrons. The van der Waals surface area contributed by atoms with E-state index >= 15 is 0 Å². The van der Waals surface area contributed by atoms with E-state index in [1.54, 1.807) is 0 Å². The SMILES string of the molecule is Cc1oc(-c2ccccc2)nc1CNC1(C(=O)O)CCCC1. The molecule has 22 heavy (non-hydrogen) atoms. The maximum Gasteiger partial charge on any atom is 0.323 e. The molecule has 2 aromatic rings. The number of carboxylic acids is 1. The Hall–Kier alpha value is -2.14. The number of nitrogens with one attached hydrogen (secondary N) is 1. The fourth-order valence-electron chi connectivity index (χ4n) is 2.99. The van der Waals surface area contributed by atoms with E-state index in [0.717, 1.165) is 29.9 Å². The van der Waals surface area contributed by atoms with Gasteiger partial charge in [-0.2, -0.15) is 0 Å². The monoisotopic (exact) mass is 300 g/mol. The van der Waals surface area contributed by atoms with E-state index in [9.17, 15) is 9.90 Å². The molecule has 1 fully saturated rings. The van der Waals surface area contributed by atoms with Crippen molar-refractivity contribution in [1.82, 2.24) is 10.3 Å². The lowest BCUT2D eigenvalue weighted by molar-refractivity contribution is -0.144. The van der Waals surface area contributed by atoms with Crippen molar-refractivity contribution in [2.24, 2.45) is 0 Å². The van der Waals surface area contributed by atoms with Crippen molar-refractivity contribution in [3.8, 4) is 11.5 Å². The molecule has 1 aliphatic rings. The van der Waals surface area contributed by atoms with Crippen molar-refractivity contribution in [3.63, 3.8) is 0 Å². The van der Waals surface area contributed by atoms with E-state index in [1.807, 2.05) is 37.3 Å². The lowest BCUT2D eigenvalue weighted by Crippen LogP contribution is -2.49. The minimum Gasteiger partial charge on any atom is -0.480 e. The zero-order chi connectivity index (χ0) is 15.6. The Bertz CT molecular complexity index is 658. The van der Waals surface area contributed by atoms with Crippen LogP contribution < -0.4 is 5.32 Å². The van der Waals surface area contributed by atoms with Gasteiger partial charge in [-0.15, -0.1) is 0 Å². The highest BCUT2D eigenvalue weighted by atomic mass is 16.4. The molecule has 0 amide bonds. The molecule has 0 aliphatic heterocycles. The number of aryl methyl sites for hydroxylation is 1. The van der Waals surface area contributed by atoms with Crippen LogP contribution in [-0.2, 0) is 11.3 Å². The first-order chi connectivity index (χ1) is 10.6. The Kier molecular flexibility index (Phi) is 3.98. The van der Waals surface area contributed by atoms with Crippen LogP contribution in [0.25, 0.3) is 11.5 Å². The standard InChI is InChI=1S/C17H20N2O3/c1-12-14(11-18-17(16(20)21)9-5-6-10-17)19-15(22-12)13-7-3-2-4-8-13/h2-4,7-8,18H,5-6,9-11H2,1H3,(H,20,21). The molecule has 5 nitrogen and oxygen atoms in total. The second kappa shape index (κ2) is 5.93. The summed E-state index contributed by atoms with van der Waals surface area (Å²) in [7, 11) is 0. The summed E-state index contributed by atoms with van der Waals surface area (Å²) in [6.45, 7) is 2.27. The third kappa shape index (κ3) is 2.76. The molecule has 1 heterocycles. The van der Waals surface area contributed by atoms with E-state index in [-0.39, 0.29) is 0 Å². The van der Waals surface area contributed by atoms with Crippen molar-refractivity contribution >= 4 is 5.97 Å². The number of benzene rings is 1. The van der Waals surface area contributed by atoms with Gasteiger partial charge in [0.2, 0.25) is 5.89 Å². The topological polar surface area (TPSA) is 75.4 Å². The predicted molar refractivity (Wildman–Crippen MR) is 82.4 cm³/mol. The third-order valence-corrected chi connectivity index (χ3v) is 4.37. The van der Waals surface area contributed by atoms with Gasteiger partial charge in [0.25, 0.3) is 0 Å². The summed E-state index contributed by atoms with van der Waals surface area (Å²) in [5.41, 5.74) is 0.884. The molecule has 0 saturated heterocycles. The van der Waals surface area contributed by atoms with Crippen molar-refractivity contribution < 1.29 is 14.3 Å². The maximum absolute atomic E-state index is 11.6. The maximum atomic E-state index is 11.6. The van der Waals surface area contributed by atoms with Gasteiger partial charge in [-0.3, -0.25) is 10.1 Å². The van der Waals surface area contributed by atoms with E-state index < -0.39 is 11.5 Å². The van der Waals surface area contributed by atoms with Crippen LogP contribution in [0.5, 0.6) is 0 Å². The van der Waals surface area contributed by atoms with E-state index in [0.29, 0.717) is 25.3 Å². The molecule has 1 aromatic carbocycles. The van der Waals surface area contributed by atoms with Crippen LogP contribution >= 0.6 is 0 Å². The van der Waals surface area contributed by atoms with Crippen LogP contribution in [-0.4, -0.2) is 21.6 Å². The summed E-state index contributed by atoms with van der Waals surface area (Å²) in [5, 5.41) is 12.7. The lowest BCUT2D eigenvalue weighted by atomic mass is 9.98. The van der Waals surface area contributed by atoms with E-state index in [1.165, 1.54) is 0 Å². The lowest BCUT2D eigenvalue weighted by Gasteiger charge is -2.24. The summed E-state index contributed by atoms with van der Waals surface area (Å²) in [6.07, 6.45) is 3.24. The third-order valence-electron chi connectivity index (χ3n) is 4.37. The Labute approximate surface area is 129 Å². The molecule has 2 N–H and O–H groups in total. The Balaban J connectivity index is 1.76. The van der Waals surface area contributed by atoms with Gasteiger partial charge < -0.3 is 9.52 Å². The summed E-state index contributed by atoms with van der Waals surface area (Å²) < 4.78 is 5.71. The molecule has 1 aromatic heterocycles. The first kappa shape index (κ1) is 14.8. The summed E-state index contributed by atoms with van der Waals surface area (Å²) >= 11 is 0. The molecule has 0 atom stereocenters. The number of carbonyl (C=O) groups is 1. The summed E-state index contributed by atoms with van der Waals surface area (Å²) in [5.74, 6) is 0.532. The second-order valence-corrected chi connectivity index (χ2v) is 5.84. The average molecular weight is 300 g/mol. The highest BCUT2D eigenvalue weighted by Crippen LogP contribution is 2.30. The molecule has 0 radical (unpaired) electrons. The summed E-state index contributed by atoms with van der Waals surface area (Å²) in [4.78, 5) is 16.1. The molecule has 0 bridgehead atoms. The van der Waals surface area contributed by atoms with Crippen LogP contribution in [0.3, 0.4) is 0 Å². The number of aliphatic carboxylic acids is 1. The van der Waals surface area contributed by atoms with Gasteiger partial charge in [0.05, 0.1) is 5.69 Å². The Morgan fingerprint density at radius 3 is 2.64 bits per heavy atom. The molecule has 5 heteroatoms. The smallest absolute Gasteiger partial charge is 0.323 e. The first-order valence-corrected chi connectivity index (χ1v) is 7.61. The molecule has 1 aliphatic carbocycles. The van der Waals surface area contributed by atoms with Crippen LogP contribution in [0.2, 0.25) is 0 Å². The molecule has 3 rings (SSSR count). The van der Waals surface area contributed by atoms with Crippen molar-refractivity contribution in [1.29, 1.82) is 0 Å². The molecule has 0 unspecified atom stereocenters. The number of carboxylic acid groups (broad SMARTS) is 1. The van der Waals surface area contributed by atoms with Gasteiger partial charge in [0.1, 0.15) is 11.3 Å². The Morgan fingerprint density at radius 2 is 2.00 bits per heavy atom. The van der Waals surface area contributed by atoms with Gasteiger partial charge in [0, 0.05) is 12.1 Å². The van der Waals surface area contributed by atoms with Crippen molar-refractivity contribution in [2.45, 2.75) is 44.7 Å². The quantitative estimate of drug-likeness (QED) is 0.887. The number of hydrogen-bond donors (Lipinski definition) is 2. The number of oxazole rings is 1. The molecular weight excluding hydrogens is 280 g/mol. The molecular formula is C17H20N2O3. The van der Waals surface area contributed by atoms with Crippen LogP contribution in [0.15, 0.2) is 34.7 Å². The van der Waals surface area contributed by atoms with Crippen LogP contribution in [0, 0.1) is 6.92 Å². The fraction of sp³-hybridized carbons (Fsp3) is 0.412. The molecule has 0 spiro atoms. The number of nitrogens with zero attached hydrogens (tertiary/aromatic N) is 1. The minimum atomic E-state index is -0.807. The average Bonchev–Trinajstić information content (AvgIpc) is 3.14. The minimum absolute atomic E-state index is 0.411. The van der Waals surface area contributed by atoms with E-state index in [2.05, 4.69) is 10.3 Å². The van der Waals surface area contributed by atoms with Gasteiger partial charge in [-0.05, 0) is 31.9 Å². The largest absolute Gasteiger partial charge is 0.480 e. The highest BCUT2D eigenvalue weighted by Gasteiger charge is 2.40. The van der Waals surface area contributed by atoms with Gasteiger partial charge >= 0.3 is 5.97 Å². The van der Waals surface area contributed by atoms with Gasteiger partial charge in [0.15, 0.2) is 0 Å². The highest BCUT2D eigenvalue weighted by molar-refractivity contribution is 5.79. The molecule has 1 saturated carbocycles. The zero-order valence-electron chi connectivity index (χ0n) is 12.6. The number of hydrogen-bond acceptors (Lipinski definition) is 4. The van der Waals surface area contributed by atoms with E-state index in [4.69, 9.17) is 4.42 Å². The Morgan fingerprint density at radius 1 is 1.32 bits per heavy atom. The first-order valence-electron chi connectivity index (χ1n) is 7.61. The second-order valence-electron chi connectivity index (χ2n) is 5.84. The summed E-state index contributed by atoms with van der Waals surface area (Å²) in [6, 6.07) is 9.70. The van der Waals surface area contributed by atoms with Crippen molar-refractivity contribution in [3.05, 3.63) is 41.8 Å². The van der Waals surface area contributed by atoms with Crippen LogP contribution in [0.4, 0.5) is 0 Å². The van der Waals surface area contributed by atoms with Gasteiger partial charge in [-0.1, -0.05) is 31.0 Å².